The first-order chi connectivity index (χ1) is 10.1. The molecule has 1 aliphatic rings. The number of H-pyrrole nitrogens is 1. The number of carbonyl (C=O) groups is 2. The zero-order valence-corrected chi connectivity index (χ0v) is 11.4. The monoisotopic (exact) mass is 286 g/mol. The summed E-state index contributed by atoms with van der Waals surface area (Å²) in [4.78, 5) is 25.2. The van der Waals surface area contributed by atoms with Gasteiger partial charge in [-0.05, 0) is 25.1 Å². The number of amides is 2. The Morgan fingerprint density at radius 3 is 3.00 bits per heavy atom. The Labute approximate surface area is 120 Å². The number of rotatable bonds is 3. The molecule has 0 saturated carbocycles. The molecule has 2 heterocycles. The van der Waals surface area contributed by atoms with Crippen LogP contribution in [0.15, 0.2) is 30.5 Å². The summed E-state index contributed by atoms with van der Waals surface area (Å²) in [6.07, 6.45) is 1.11. The molecule has 1 aliphatic heterocycles. The van der Waals surface area contributed by atoms with Crippen molar-refractivity contribution < 1.29 is 14.3 Å². The summed E-state index contributed by atoms with van der Waals surface area (Å²) in [7, 11) is 0. The largest absolute Gasteiger partial charge is 0.447 e. The second-order valence-corrected chi connectivity index (χ2v) is 4.68. The van der Waals surface area contributed by atoms with Crippen LogP contribution in [0.3, 0.4) is 0 Å². The predicted molar refractivity (Wildman–Crippen MR) is 76.4 cm³/mol. The number of nitrogens with zero attached hydrogens (tertiary/aromatic N) is 2. The number of hydrogen-bond acceptors (Lipinski definition) is 4. The normalized spacial score (nSPS) is 14.1. The topological polar surface area (TPSA) is 87.3 Å². The van der Waals surface area contributed by atoms with Gasteiger partial charge in [0.1, 0.15) is 6.61 Å². The summed E-state index contributed by atoms with van der Waals surface area (Å²) >= 11 is 0. The number of benzene rings is 1. The molecule has 2 amide bonds. The van der Waals surface area contributed by atoms with Crippen molar-refractivity contribution in [3.63, 3.8) is 0 Å². The van der Waals surface area contributed by atoms with E-state index in [1.165, 1.54) is 11.1 Å². The fourth-order valence-electron chi connectivity index (χ4n) is 2.16. The van der Waals surface area contributed by atoms with Crippen LogP contribution < -0.4 is 10.2 Å². The van der Waals surface area contributed by atoms with Crippen LogP contribution in [-0.4, -0.2) is 35.3 Å². The number of aromatic amines is 1. The van der Waals surface area contributed by atoms with Gasteiger partial charge in [-0.1, -0.05) is 6.07 Å². The number of aryl methyl sites for hydroxylation is 1. The van der Waals surface area contributed by atoms with Crippen LogP contribution in [0.5, 0.6) is 0 Å². The van der Waals surface area contributed by atoms with Gasteiger partial charge in [0.05, 0.1) is 18.3 Å². The summed E-state index contributed by atoms with van der Waals surface area (Å²) in [5.74, 6) is -0.248. The Balaban J connectivity index is 1.79. The number of cyclic esters (lactones) is 1. The minimum Gasteiger partial charge on any atom is -0.447 e. The van der Waals surface area contributed by atoms with Gasteiger partial charge in [0.2, 0.25) is 0 Å². The summed E-state index contributed by atoms with van der Waals surface area (Å²) < 4.78 is 4.90. The van der Waals surface area contributed by atoms with E-state index in [-0.39, 0.29) is 12.0 Å². The summed E-state index contributed by atoms with van der Waals surface area (Å²) in [5, 5.41) is 9.32. The number of carbonyl (C=O) groups excluding carboxylic acids is 2. The van der Waals surface area contributed by atoms with Crippen molar-refractivity contribution in [2.75, 3.05) is 23.4 Å². The highest BCUT2D eigenvalue weighted by Crippen LogP contribution is 2.22. The van der Waals surface area contributed by atoms with E-state index in [9.17, 15) is 9.59 Å². The standard InChI is InChI=1S/C14H14N4O3/c1-9-12(8-15-17-9)13(19)16-10-3-2-4-11(7-10)18-5-6-21-14(18)20/h2-4,7-8H,5-6H2,1H3,(H,15,17)(H,16,19). The molecule has 1 aromatic heterocycles. The molecule has 1 aromatic carbocycles. The van der Waals surface area contributed by atoms with Crippen molar-refractivity contribution in [3.05, 3.63) is 41.7 Å². The molecule has 7 heteroatoms. The predicted octanol–water partition coefficient (Wildman–Crippen LogP) is 1.93. The highest BCUT2D eigenvalue weighted by molar-refractivity contribution is 6.05. The molecule has 3 rings (SSSR count). The van der Waals surface area contributed by atoms with Crippen molar-refractivity contribution in [3.8, 4) is 0 Å². The van der Waals surface area contributed by atoms with Gasteiger partial charge in [-0.15, -0.1) is 0 Å². The molecule has 0 aliphatic carbocycles. The van der Waals surface area contributed by atoms with Crippen LogP contribution in [0.1, 0.15) is 16.1 Å². The first kappa shape index (κ1) is 13.2. The molecule has 0 radical (unpaired) electrons. The Morgan fingerprint density at radius 1 is 1.48 bits per heavy atom. The fraction of sp³-hybridized carbons (Fsp3) is 0.214. The van der Waals surface area contributed by atoms with Gasteiger partial charge in [0.15, 0.2) is 0 Å². The van der Waals surface area contributed by atoms with E-state index < -0.39 is 0 Å². The lowest BCUT2D eigenvalue weighted by molar-refractivity contribution is 0.102. The van der Waals surface area contributed by atoms with E-state index in [2.05, 4.69) is 15.5 Å². The maximum absolute atomic E-state index is 12.1. The maximum Gasteiger partial charge on any atom is 0.414 e. The van der Waals surface area contributed by atoms with Crippen molar-refractivity contribution in [1.82, 2.24) is 10.2 Å². The van der Waals surface area contributed by atoms with Crippen molar-refractivity contribution >= 4 is 23.4 Å². The van der Waals surface area contributed by atoms with Crippen LogP contribution in [0.4, 0.5) is 16.2 Å². The minimum atomic E-state index is -0.371. The van der Waals surface area contributed by atoms with E-state index in [0.29, 0.717) is 35.8 Å². The van der Waals surface area contributed by atoms with Gasteiger partial charge in [0.25, 0.3) is 5.91 Å². The maximum atomic E-state index is 12.1. The summed E-state index contributed by atoms with van der Waals surface area (Å²) in [6, 6.07) is 7.07. The zero-order valence-electron chi connectivity index (χ0n) is 11.4. The highest BCUT2D eigenvalue weighted by atomic mass is 16.6. The second-order valence-electron chi connectivity index (χ2n) is 4.68. The Morgan fingerprint density at radius 2 is 2.33 bits per heavy atom. The number of ether oxygens (including phenoxy) is 1. The van der Waals surface area contributed by atoms with E-state index in [1.807, 2.05) is 0 Å². The molecule has 0 unspecified atom stereocenters. The lowest BCUT2D eigenvalue weighted by atomic mass is 10.2. The molecule has 2 aromatic rings. The average Bonchev–Trinajstić information content (AvgIpc) is 3.07. The van der Waals surface area contributed by atoms with Crippen LogP contribution in [0, 0.1) is 6.92 Å². The molecule has 0 spiro atoms. The molecular weight excluding hydrogens is 272 g/mol. The third-order valence-corrected chi connectivity index (χ3v) is 3.25. The number of nitrogens with one attached hydrogen (secondary N) is 2. The Hall–Kier alpha value is -2.83. The number of hydrogen-bond donors (Lipinski definition) is 2. The van der Waals surface area contributed by atoms with Gasteiger partial charge >= 0.3 is 6.09 Å². The van der Waals surface area contributed by atoms with E-state index >= 15 is 0 Å². The smallest absolute Gasteiger partial charge is 0.414 e. The van der Waals surface area contributed by atoms with E-state index in [4.69, 9.17) is 4.74 Å². The zero-order chi connectivity index (χ0) is 14.8. The average molecular weight is 286 g/mol. The molecule has 0 atom stereocenters. The molecule has 1 saturated heterocycles. The first-order valence-corrected chi connectivity index (χ1v) is 6.51. The van der Waals surface area contributed by atoms with Gasteiger partial charge < -0.3 is 10.1 Å². The van der Waals surface area contributed by atoms with Crippen LogP contribution >= 0.6 is 0 Å². The van der Waals surface area contributed by atoms with Crippen molar-refractivity contribution in [1.29, 1.82) is 0 Å². The molecule has 1 fully saturated rings. The van der Waals surface area contributed by atoms with Gasteiger partial charge in [-0.3, -0.25) is 14.8 Å². The SMILES string of the molecule is Cc1[nH]ncc1C(=O)Nc1cccc(N2CCOC2=O)c1. The van der Waals surface area contributed by atoms with Gasteiger partial charge in [-0.2, -0.15) is 5.10 Å². The second kappa shape index (κ2) is 5.28. The Bertz CT molecular complexity index is 695. The van der Waals surface area contributed by atoms with E-state index in [1.54, 1.807) is 31.2 Å². The lowest BCUT2D eigenvalue weighted by Gasteiger charge is -2.14. The van der Waals surface area contributed by atoms with Gasteiger partial charge in [-0.25, -0.2) is 4.79 Å². The highest BCUT2D eigenvalue weighted by Gasteiger charge is 2.23. The molecule has 108 valence electrons. The van der Waals surface area contributed by atoms with Crippen molar-refractivity contribution in [2.24, 2.45) is 0 Å². The number of aromatic nitrogens is 2. The quantitative estimate of drug-likeness (QED) is 0.902. The molecule has 2 N–H and O–H groups in total. The Kier molecular flexibility index (Phi) is 3.31. The third-order valence-electron chi connectivity index (χ3n) is 3.25. The van der Waals surface area contributed by atoms with E-state index in [0.717, 1.165) is 0 Å². The lowest BCUT2D eigenvalue weighted by Crippen LogP contribution is -2.23. The van der Waals surface area contributed by atoms with Crippen LogP contribution in [-0.2, 0) is 4.74 Å². The first-order valence-electron chi connectivity index (χ1n) is 6.51. The number of anilines is 2. The van der Waals surface area contributed by atoms with Gasteiger partial charge in [0, 0.05) is 17.1 Å². The minimum absolute atomic E-state index is 0.248. The summed E-state index contributed by atoms with van der Waals surface area (Å²) in [5.41, 5.74) is 2.49. The third kappa shape index (κ3) is 2.58. The summed E-state index contributed by atoms with van der Waals surface area (Å²) in [6.45, 7) is 2.67. The van der Waals surface area contributed by atoms with Crippen LogP contribution in [0.25, 0.3) is 0 Å². The van der Waals surface area contributed by atoms with Crippen LogP contribution in [0.2, 0.25) is 0 Å². The molecule has 0 bridgehead atoms. The molecular formula is C14H14N4O3. The molecule has 7 nitrogen and oxygen atoms in total. The fourth-order valence-corrected chi connectivity index (χ4v) is 2.16. The van der Waals surface area contributed by atoms with Crippen molar-refractivity contribution in [2.45, 2.75) is 6.92 Å². The molecule has 21 heavy (non-hydrogen) atoms.